The lowest BCUT2D eigenvalue weighted by Gasteiger charge is -2.06. The van der Waals surface area contributed by atoms with Crippen LogP contribution in [-0.4, -0.2) is 16.1 Å². The van der Waals surface area contributed by atoms with E-state index in [9.17, 15) is 4.79 Å². The van der Waals surface area contributed by atoms with Gasteiger partial charge in [0.25, 0.3) is 0 Å². The monoisotopic (exact) mass is 213 g/mol. The molecule has 0 bridgehead atoms. The largest absolute Gasteiger partial charge is 0.478 e. The fourth-order valence-corrected chi connectivity index (χ4v) is 1.97. The Morgan fingerprint density at radius 3 is 2.75 bits per heavy atom. The number of carboxylic acid groups (broad SMARTS) is 1. The van der Waals surface area contributed by atoms with Gasteiger partial charge in [-0.2, -0.15) is 0 Å². The quantitative estimate of drug-likeness (QED) is 0.834. The standard InChI is InChI=1S/C13H11NO2/c15-13(16)10-7-9-3-1-2-4-11(9)14-12(10)8-5-6-8/h1-4,7-8H,5-6H2,(H,15,16). The van der Waals surface area contributed by atoms with E-state index in [-0.39, 0.29) is 0 Å². The summed E-state index contributed by atoms with van der Waals surface area (Å²) < 4.78 is 0. The first kappa shape index (κ1) is 9.33. The molecule has 0 spiro atoms. The summed E-state index contributed by atoms with van der Waals surface area (Å²) >= 11 is 0. The molecule has 3 rings (SSSR count). The van der Waals surface area contributed by atoms with E-state index in [0.717, 1.165) is 29.4 Å². The molecule has 3 heteroatoms. The van der Waals surface area contributed by atoms with E-state index in [0.29, 0.717) is 11.5 Å². The smallest absolute Gasteiger partial charge is 0.337 e. The number of fused-ring (bicyclic) bond motifs is 1. The van der Waals surface area contributed by atoms with E-state index in [4.69, 9.17) is 5.11 Å². The molecule has 0 unspecified atom stereocenters. The van der Waals surface area contributed by atoms with Crippen molar-refractivity contribution >= 4 is 16.9 Å². The Morgan fingerprint density at radius 2 is 2.06 bits per heavy atom. The van der Waals surface area contributed by atoms with Crippen molar-refractivity contribution in [3.63, 3.8) is 0 Å². The lowest BCUT2D eigenvalue weighted by Crippen LogP contribution is -2.04. The van der Waals surface area contributed by atoms with Gasteiger partial charge in [0.15, 0.2) is 0 Å². The number of hydrogen-bond donors (Lipinski definition) is 1. The van der Waals surface area contributed by atoms with Gasteiger partial charge in [-0.15, -0.1) is 0 Å². The van der Waals surface area contributed by atoms with Crippen LogP contribution in [-0.2, 0) is 0 Å². The van der Waals surface area contributed by atoms with Crippen LogP contribution in [0.1, 0.15) is 34.8 Å². The van der Waals surface area contributed by atoms with Crippen LogP contribution in [0.2, 0.25) is 0 Å². The SMILES string of the molecule is O=C(O)c1cc2ccccc2nc1C1CC1. The molecule has 1 aromatic heterocycles. The normalized spacial score (nSPS) is 15.2. The fraction of sp³-hybridized carbons (Fsp3) is 0.231. The number of nitrogens with zero attached hydrogens (tertiary/aromatic N) is 1. The Hall–Kier alpha value is -1.90. The summed E-state index contributed by atoms with van der Waals surface area (Å²) in [5, 5.41) is 10.1. The molecule has 0 radical (unpaired) electrons. The van der Waals surface area contributed by atoms with Gasteiger partial charge < -0.3 is 5.11 Å². The molecule has 0 saturated heterocycles. The van der Waals surface area contributed by atoms with Gasteiger partial charge in [-0.05, 0) is 25.0 Å². The zero-order valence-electron chi connectivity index (χ0n) is 8.68. The molecule has 3 nitrogen and oxygen atoms in total. The summed E-state index contributed by atoms with van der Waals surface area (Å²) in [5.41, 5.74) is 2.00. The first-order chi connectivity index (χ1) is 7.75. The van der Waals surface area contributed by atoms with Crippen molar-refractivity contribution in [1.82, 2.24) is 4.98 Å². The predicted molar refractivity (Wildman–Crippen MR) is 60.7 cm³/mol. The van der Waals surface area contributed by atoms with Crippen molar-refractivity contribution in [2.24, 2.45) is 0 Å². The minimum Gasteiger partial charge on any atom is -0.478 e. The number of pyridine rings is 1. The van der Waals surface area contributed by atoms with Gasteiger partial charge in [0, 0.05) is 11.3 Å². The zero-order chi connectivity index (χ0) is 11.1. The average molecular weight is 213 g/mol. The molecule has 1 aliphatic rings. The summed E-state index contributed by atoms with van der Waals surface area (Å²) in [4.78, 5) is 15.6. The lowest BCUT2D eigenvalue weighted by atomic mass is 10.1. The summed E-state index contributed by atoms with van der Waals surface area (Å²) in [6.07, 6.45) is 2.12. The number of carbonyl (C=O) groups is 1. The first-order valence-corrected chi connectivity index (χ1v) is 5.38. The molecule has 2 aromatic rings. The van der Waals surface area contributed by atoms with E-state index in [1.165, 1.54) is 0 Å². The van der Waals surface area contributed by atoms with Crippen molar-refractivity contribution < 1.29 is 9.90 Å². The summed E-state index contributed by atoms with van der Waals surface area (Å²) in [5.74, 6) is -0.518. The van der Waals surface area contributed by atoms with Gasteiger partial charge in [-0.1, -0.05) is 18.2 Å². The van der Waals surface area contributed by atoms with Crippen LogP contribution in [0.25, 0.3) is 10.9 Å². The fourth-order valence-electron chi connectivity index (χ4n) is 1.97. The maximum Gasteiger partial charge on any atom is 0.337 e. The van der Waals surface area contributed by atoms with Crippen molar-refractivity contribution in [3.05, 3.63) is 41.6 Å². The molecule has 0 amide bonds. The van der Waals surface area contributed by atoms with Gasteiger partial charge in [0.1, 0.15) is 0 Å². The maximum absolute atomic E-state index is 11.2. The van der Waals surface area contributed by atoms with Gasteiger partial charge in [-0.3, -0.25) is 4.98 Å². The zero-order valence-corrected chi connectivity index (χ0v) is 8.68. The molecule has 1 N–H and O–H groups in total. The second kappa shape index (κ2) is 3.30. The van der Waals surface area contributed by atoms with Crippen molar-refractivity contribution in [3.8, 4) is 0 Å². The highest BCUT2D eigenvalue weighted by Crippen LogP contribution is 2.41. The molecule has 0 aliphatic heterocycles. The second-order valence-corrected chi connectivity index (χ2v) is 4.19. The molecular weight excluding hydrogens is 202 g/mol. The minimum atomic E-state index is -0.875. The van der Waals surface area contributed by atoms with Crippen LogP contribution in [0.4, 0.5) is 0 Å². The highest BCUT2D eigenvalue weighted by Gasteiger charge is 2.29. The van der Waals surface area contributed by atoms with E-state index in [1.54, 1.807) is 6.07 Å². The molecule has 1 heterocycles. The number of aromatic carboxylic acids is 1. The third kappa shape index (κ3) is 1.45. The first-order valence-electron chi connectivity index (χ1n) is 5.38. The highest BCUT2D eigenvalue weighted by molar-refractivity contribution is 5.94. The molecule has 1 fully saturated rings. The lowest BCUT2D eigenvalue weighted by molar-refractivity contribution is 0.0695. The molecule has 1 aromatic carbocycles. The van der Waals surface area contributed by atoms with Crippen LogP contribution in [0.5, 0.6) is 0 Å². The Labute approximate surface area is 92.7 Å². The minimum absolute atomic E-state index is 0.357. The number of aromatic nitrogens is 1. The van der Waals surface area contributed by atoms with Crippen LogP contribution < -0.4 is 0 Å². The van der Waals surface area contributed by atoms with Crippen LogP contribution in [0.15, 0.2) is 30.3 Å². The summed E-state index contributed by atoms with van der Waals surface area (Å²) in [7, 11) is 0. The van der Waals surface area contributed by atoms with Gasteiger partial charge in [-0.25, -0.2) is 4.79 Å². The third-order valence-electron chi connectivity index (χ3n) is 2.95. The molecule has 0 atom stereocenters. The molecule has 1 aliphatic carbocycles. The Balaban J connectivity index is 2.28. The Bertz CT molecular complexity index is 573. The third-order valence-corrected chi connectivity index (χ3v) is 2.95. The van der Waals surface area contributed by atoms with Crippen molar-refractivity contribution in [2.45, 2.75) is 18.8 Å². The number of rotatable bonds is 2. The van der Waals surface area contributed by atoms with Gasteiger partial charge in [0.05, 0.1) is 16.8 Å². The number of carboxylic acids is 1. The summed E-state index contributed by atoms with van der Waals surface area (Å²) in [6, 6.07) is 9.37. The van der Waals surface area contributed by atoms with Crippen molar-refractivity contribution in [2.75, 3.05) is 0 Å². The van der Waals surface area contributed by atoms with Gasteiger partial charge in [0.2, 0.25) is 0 Å². The molecule has 16 heavy (non-hydrogen) atoms. The number of hydrogen-bond acceptors (Lipinski definition) is 2. The van der Waals surface area contributed by atoms with E-state index in [2.05, 4.69) is 4.98 Å². The van der Waals surface area contributed by atoms with Gasteiger partial charge >= 0.3 is 5.97 Å². The van der Waals surface area contributed by atoms with Crippen LogP contribution in [0, 0.1) is 0 Å². The topological polar surface area (TPSA) is 50.2 Å². The molecule has 1 saturated carbocycles. The molecule has 80 valence electrons. The molecular formula is C13H11NO2. The number of benzene rings is 1. The predicted octanol–water partition coefficient (Wildman–Crippen LogP) is 2.81. The van der Waals surface area contributed by atoms with Crippen LogP contribution >= 0.6 is 0 Å². The van der Waals surface area contributed by atoms with E-state index >= 15 is 0 Å². The Morgan fingerprint density at radius 1 is 1.31 bits per heavy atom. The van der Waals surface area contributed by atoms with Crippen LogP contribution in [0.3, 0.4) is 0 Å². The number of para-hydroxylation sites is 1. The second-order valence-electron chi connectivity index (χ2n) is 4.19. The van der Waals surface area contributed by atoms with Crippen molar-refractivity contribution in [1.29, 1.82) is 0 Å². The van der Waals surface area contributed by atoms with E-state index < -0.39 is 5.97 Å². The Kier molecular flexibility index (Phi) is 1.93. The summed E-state index contributed by atoms with van der Waals surface area (Å²) in [6.45, 7) is 0. The maximum atomic E-state index is 11.2. The average Bonchev–Trinajstić information content (AvgIpc) is 3.11. The van der Waals surface area contributed by atoms with E-state index in [1.807, 2.05) is 24.3 Å². The highest BCUT2D eigenvalue weighted by atomic mass is 16.4.